The Balaban J connectivity index is 3.29. The van der Waals surface area contributed by atoms with Crippen molar-refractivity contribution >= 4 is 0 Å². The predicted octanol–water partition coefficient (Wildman–Crippen LogP) is 1.79. The molecule has 0 aliphatic carbocycles. The molecule has 0 aromatic heterocycles. The Hall–Kier alpha value is -0.500. The highest BCUT2D eigenvalue weighted by Gasteiger charge is 1.78. The van der Waals surface area contributed by atoms with Crippen LogP contribution in [-0.2, 0) is 4.89 Å². The summed E-state index contributed by atoms with van der Waals surface area (Å²) in [5, 5.41) is 7.79. The van der Waals surface area contributed by atoms with E-state index in [-0.39, 0.29) is 0 Å². The quantitative estimate of drug-likeness (QED) is 0.327. The van der Waals surface area contributed by atoms with Crippen LogP contribution >= 0.6 is 0 Å². The van der Waals surface area contributed by atoms with Crippen LogP contribution < -0.4 is 0 Å². The Morgan fingerprint density at radius 1 is 1.86 bits per heavy atom. The fourth-order valence-corrected chi connectivity index (χ4v) is 0.173. The summed E-state index contributed by atoms with van der Waals surface area (Å²) in [5.41, 5.74) is 1.03. The second kappa shape index (κ2) is 3.68. The topological polar surface area (TPSA) is 29.5 Å². The van der Waals surface area contributed by atoms with Crippen LogP contribution in [0.2, 0.25) is 0 Å². The lowest BCUT2D eigenvalue weighted by Crippen LogP contribution is -1.72. The van der Waals surface area contributed by atoms with Crippen LogP contribution in [0.1, 0.15) is 20.3 Å². The Kier molecular flexibility index (Phi) is 3.42. The number of hydrogen-bond acceptors (Lipinski definition) is 2. The van der Waals surface area contributed by atoms with Gasteiger partial charge in [0.2, 0.25) is 0 Å². The van der Waals surface area contributed by atoms with Gasteiger partial charge in [-0.3, -0.25) is 0 Å². The monoisotopic (exact) mass is 102 g/mol. The lowest BCUT2D eigenvalue weighted by atomic mass is 10.3. The zero-order valence-electron chi connectivity index (χ0n) is 4.64. The van der Waals surface area contributed by atoms with Crippen LogP contribution in [0, 0.1) is 0 Å². The highest BCUT2D eigenvalue weighted by molar-refractivity contribution is 4.90. The van der Waals surface area contributed by atoms with Gasteiger partial charge in [-0.2, -0.15) is 0 Å². The van der Waals surface area contributed by atoms with Crippen LogP contribution in [0.5, 0.6) is 0 Å². The summed E-state index contributed by atoms with van der Waals surface area (Å²) in [6.45, 7) is 3.88. The Morgan fingerprint density at radius 3 is 2.57 bits per heavy atom. The Bertz CT molecular complexity index is 66.5. The molecule has 0 atom stereocenters. The molecule has 0 aliphatic heterocycles. The lowest BCUT2D eigenvalue weighted by Gasteiger charge is -1.88. The molecular formula is C5H10O2. The molecule has 0 fully saturated rings. The van der Waals surface area contributed by atoms with Crippen LogP contribution in [0.4, 0.5) is 0 Å². The summed E-state index contributed by atoms with van der Waals surface area (Å²) >= 11 is 0. The van der Waals surface area contributed by atoms with Gasteiger partial charge in [-0.05, 0) is 18.9 Å². The van der Waals surface area contributed by atoms with E-state index in [1.807, 2.05) is 13.8 Å². The third-order valence-corrected chi connectivity index (χ3v) is 0.812. The van der Waals surface area contributed by atoms with E-state index in [4.69, 9.17) is 5.26 Å². The predicted molar refractivity (Wildman–Crippen MR) is 27.8 cm³/mol. The summed E-state index contributed by atoms with van der Waals surface area (Å²) in [5.74, 6) is 0. The maximum absolute atomic E-state index is 7.79. The second-order valence-corrected chi connectivity index (χ2v) is 1.42. The minimum absolute atomic E-state index is 0.917. The number of hydrogen-bond donors (Lipinski definition) is 1. The highest BCUT2D eigenvalue weighted by Crippen LogP contribution is 1.95. The van der Waals surface area contributed by atoms with E-state index in [0.717, 1.165) is 12.0 Å². The first-order chi connectivity index (χ1) is 3.31. The summed E-state index contributed by atoms with van der Waals surface area (Å²) < 4.78 is 0. The molecule has 7 heavy (non-hydrogen) atoms. The van der Waals surface area contributed by atoms with E-state index in [9.17, 15) is 0 Å². The third kappa shape index (κ3) is 3.33. The molecule has 42 valence electrons. The summed E-state index contributed by atoms with van der Waals surface area (Å²) in [4.78, 5) is 3.73. The maximum Gasteiger partial charge on any atom is 0.128 e. The maximum atomic E-state index is 7.79. The van der Waals surface area contributed by atoms with Crippen molar-refractivity contribution in [3.63, 3.8) is 0 Å². The standard InChI is InChI=1S/C5H10O2/c1-3-5(2)4-7-6/h4,6H,3H2,1-2H3. The summed E-state index contributed by atoms with van der Waals surface area (Å²) in [7, 11) is 0. The molecule has 0 radical (unpaired) electrons. The first-order valence-electron chi connectivity index (χ1n) is 2.27. The first kappa shape index (κ1) is 6.50. The molecule has 0 heterocycles. The largest absolute Gasteiger partial charge is 0.348 e. The van der Waals surface area contributed by atoms with Crippen molar-refractivity contribution in [2.45, 2.75) is 20.3 Å². The van der Waals surface area contributed by atoms with Gasteiger partial charge in [0.25, 0.3) is 0 Å². The van der Waals surface area contributed by atoms with Gasteiger partial charge in [-0.25, -0.2) is 5.26 Å². The number of allylic oxidation sites excluding steroid dienone is 1. The molecule has 0 bridgehead atoms. The molecule has 0 aromatic rings. The van der Waals surface area contributed by atoms with E-state index in [1.165, 1.54) is 6.26 Å². The van der Waals surface area contributed by atoms with Crippen LogP contribution in [0.3, 0.4) is 0 Å². The minimum Gasteiger partial charge on any atom is -0.348 e. The van der Waals surface area contributed by atoms with Gasteiger partial charge < -0.3 is 4.89 Å². The average molecular weight is 102 g/mol. The summed E-state index contributed by atoms with van der Waals surface area (Å²) in [6.07, 6.45) is 2.24. The van der Waals surface area contributed by atoms with Crippen molar-refractivity contribution in [1.82, 2.24) is 0 Å². The zero-order chi connectivity index (χ0) is 5.70. The van der Waals surface area contributed by atoms with Crippen molar-refractivity contribution in [1.29, 1.82) is 0 Å². The van der Waals surface area contributed by atoms with Crippen molar-refractivity contribution in [3.8, 4) is 0 Å². The molecule has 2 nitrogen and oxygen atoms in total. The van der Waals surface area contributed by atoms with Crippen LogP contribution in [-0.4, -0.2) is 5.26 Å². The van der Waals surface area contributed by atoms with Gasteiger partial charge in [0.1, 0.15) is 6.26 Å². The Morgan fingerprint density at radius 2 is 2.43 bits per heavy atom. The molecule has 0 aromatic carbocycles. The Labute approximate surface area is 43.3 Å². The minimum atomic E-state index is 0.917. The van der Waals surface area contributed by atoms with E-state index in [2.05, 4.69) is 4.89 Å². The lowest BCUT2D eigenvalue weighted by molar-refractivity contribution is -0.187. The van der Waals surface area contributed by atoms with Crippen LogP contribution in [0.15, 0.2) is 11.8 Å². The van der Waals surface area contributed by atoms with E-state index < -0.39 is 0 Å². The fraction of sp³-hybridized carbons (Fsp3) is 0.600. The van der Waals surface area contributed by atoms with Gasteiger partial charge in [0, 0.05) is 0 Å². The van der Waals surface area contributed by atoms with Crippen molar-refractivity contribution in [3.05, 3.63) is 11.8 Å². The van der Waals surface area contributed by atoms with Crippen molar-refractivity contribution in [2.24, 2.45) is 0 Å². The average Bonchev–Trinajstić information content (AvgIpc) is 1.68. The second-order valence-electron chi connectivity index (χ2n) is 1.42. The molecule has 0 spiro atoms. The smallest absolute Gasteiger partial charge is 0.128 e. The fourth-order valence-electron chi connectivity index (χ4n) is 0.173. The van der Waals surface area contributed by atoms with Gasteiger partial charge in [0.05, 0.1) is 0 Å². The molecule has 0 aliphatic rings. The highest BCUT2D eigenvalue weighted by atomic mass is 17.1. The van der Waals surface area contributed by atoms with Gasteiger partial charge in [-0.1, -0.05) is 6.92 Å². The van der Waals surface area contributed by atoms with E-state index in [0.29, 0.717) is 0 Å². The normalized spacial score (nSPS) is 11.6. The van der Waals surface area contributed by atoms with E-state index >= 15 is 0 Å². The number of rotatable bonds is 2. The molecule has 0 unspecified atom stereocenters. The van der Waals surface area contributed by atoms with Gasteiger partial charge in [0.15, 0.2) is 0 Å². The first-order valence-corrected chi connectivity index (χ1v) is 2.27. The molecule has 0 saturated heterocycles. The zero-order valence-corrected chi connectivity index (χ0v) is 4.64. The van der Waals surface area contributed by atoms with Crippen LogP contribution in [0.25, 0.3) is 0 Å². The molecule has 1 N–H and O–H groups in total. The van der Waals surface area contributed by atoms with Gasteiger partial charge >= 0.3 is 0 Å². The molecule has 0 saturated carbocycles. The molecule has 0 rings (SSSR count). The van der Waals surface area contributed by atoms with Gasteiger partial charge in [-0.15, -0.1) is 0 Å². The summed E-state index contributed by atoms with van der Waals surface area (Å²) in [6, 6.07) is 0. The SMILES string of the molecule is CCC(C)=COO. The van der Waals surface area contributed by atoms with E-state index in [1.54, 1.807) is 0 Å². The molecule has 0 amide bonds. The van der Waals surface area contributed by atoms with Crippen molar-refractivity contribution in [2.75, 3.05) is 0 Å². The third-order valence-electron chi connectivity index (χ3n) is 0.812. The molecular weight excluding hydrogens is 92.1 g/mol. The van der Waals surface area contributed by atoms with Crippen molar-refractivity contribution < 1.29 is 10.1 Å². The molecule has 2 heteroatoms.